The first-order valence-corrected chi connectivity index (χ1v) is 9.09. The number of hydrogen-bond acceptors (Lipinski definition) is 5. The van der Waals surface area contributed by atoms with E-state index >= 15 is 0 Å². The molecular weight excluding hydrogens is 374 g/mol. The molecule has 1 atom stereocenters. The Balaban J connectivity index is 1.59. The number of carbonyl (C=O) groups is 2. The van der Waals surface area contributed by atoms with Crippen LogP contribution in [0.5, 0.6) is 5.75 Å². The van der Waals surface area contributed by atoms with Gasteiger partial charge in [0.15, 0.2) is 6.10 Å². The number of esters is 1. The predicted octanol–water partition coefficient (Wildman–Crippen LogP) is 2.84. The topological polar surface area (TPSA) is 113 Å². The summed E-state index contributed by atoms with van der Waals surface area (Å²) in [5.74, 6) is -0.480. The van der Waals surface area contributed by atoms with Gasteiger partial charge in [-0.15, -0.1) is 0 Å². The van der Waals surface area contributed by atoms with Crippen LogP contribution in [0.4, 0.5) is 5.69 Å². The summed E-state index contributed by atoms with van der Waals surface area (Å²) in [7, 11) is 0. The number of H-pyrrole nitrogens is 2. The monoisotopic (exact) mass is 395 g/mol. The van der Waals surface area contributed by atoms with E-state index in [1.54, 1.807) is 30.3 Å². The smallest absolute Gasteiger partial charge is 0.331 e. The molecule has 3 rings (SSSR count). The number of fused-ring (bicyclic) bond motifs is 1. The van der Waals surface area contributed by atoms with Gasteiger partial charge in [0.25, 0.3) is 5.91 Å². The number of aromatic amines is 2. The first-order valence-electron chi connectivity index (χ1n) is 9.09. The Kier molecular flexibility index (Phi) is 6.13. The molecule has 0 aliphatic heterocycles. The van der Waals surface area contributed by atoms with E-state index < -0.39 is 18.0 Å². The number of para-hydroxylation sites is 1. The van der Waals surface area contributed by atoms with Gasteiger partial charge < -0.3 is 24.8 Å². The number of benzene rings is 2. The highest BCUT2D eigenvalue weighted by atomic mass is 16.5. The average molecular weight is 395 g/mol. The maximum atomic E-state index is 12.3. The van der Waals surface area contributed by atoms with Crippen molar-refractivity contribution in [1.82, 2.24) is 9.97 Å². The number of ether oxygens (including phenoxy) is 2. The number of aromatic nitrogens is 2. The third-order valence-corrected chi connectivity index (χ3v) is 4.06. The van der Waals surface area contributed by atoms with Gasteiger partial charge in [0.05, 0.1) is 17.6 Å². The van der Waals surface area contributed by atoms with E-state index in [0.29, 0.717) is 29.1 Å². The summed E-state index contributed by atoms with van der Waals surface area (Å²) in [4.78, 5) is 40.9. The molecule has 0 bridgehead atoms. The Bertz CT molecular complexity index is 1110. The van der Waals surface area contributed by atoms with Crippen LogP contribution in [0.25, 0.3) is 17.1 Å². The van der Waals surface area contributed by atoms with E-state index in [2.05, 4.69) is 15.3 Å². The van der Waals surface area contributed by atoms with Crippen molar-refractivity contribution in [2.24, 2.45) is 0 Å². The number of nitrogens with one attached hydrogen (secondary N) is 3. The Morgan fingerprint density at radius 1 is 1.14 bits per heavy atom. The molecule has 29 heavy (non-hydrogen) atoms. The van der Waals surface area contributed by atoms with Crippen molar-refractivity contribution in [3.63, 3.8) is 0 Å². The number of imidazole rings is 1. The minimum Gasteiger partial charge on any atom is -0.493 e. The Morgan fingerprint density at radius 2 is 1.90 bits per heavy atom. The van der Waals surface area contributed by atoms with Crippen LogP contribution in [-0.2, 0) is 14.3 Å². The molecule has 1 amide bonds. The Labute approximate surface area is 166 Å². The maximum absolute atomic E-state index is 12.3. The third kappa shape index (κ3) is 5.13. The largest absolute Gasteiger partial charge is 0.493 e. The molecule has 0 radical (unpaired) electrons. The van der Waals surface area contributed by atoms with Gasteiger partial charge in [0.2, 0.25) is 0 Å². The summed E-state index contributed by atoms with van der Waals surface area (Å²) in [6.45, 7) is 3.86. The van der Waals surface area contributed by atoms with Gasteiger partial charge in [-0.3, -0.25) is 4.79 Å². The molecule has 3 aromatic rings. The summed E-state index contributed by atoms with van der Waals surface area (Å²) >= 11 is 0. The highest BCUT2D eigenvalue weighted by molar-refractivity contribution is 5.97. The molecule has 0 aliphatic rings. The summed E-state index contributed by atoms with van der Waals surface area (Å²) in [5.41, 5.74) is 2.07. The quantitative estimate of drug-likeness (QED) is 0.421. The number of rotatable bonds is 7. The highest BCUT2D eigenvalue weighted by Crippen LogP contribution is 2.19. The van der Waals surface area contributed by atoms with Gasteiger partial charge in [-0.05, 0) is 44.2 Å². The van der Waals surface area contributed by atoms with Crippen molar-refractivity contribution < 1.29 is 19.1 Å². The standard InChI is InChI=1S/C21H21N3O5/c1-3-28-18-7-5-4-6-14(18)8-11-19(25)29-13(2)20(26)22-15-9-10-16-17(12-15)24-21(27)23-16/h4-13H,3H2,1-2H3,(H,22,26)(H2,23,24,27)/b11-8+/t13-/m0/s1. The predicted molar refractivity (Wildman–Crippen MR) is 110 cm³/mol. The van der Waals surface area contributed by atoms with Crippen molar-refractivity contribution in [1.29, 1.82) is 0 Å². The summed E-state index contributed by atoms with van der Waals surface area (Å²) in [6.07, 6.45) is 1.82. The molecule has 8 nitrogen and oxygen atoms in total. The van der Waals surface area contributed by atoms with Crippen molar-refractivity contribution in [3.05, 3.63) is 64.6 Å². The average Bonchev–Trinajstić information content (AvgIpc) is 3.06. The van der Waals surface area contributed by atoms with Crippen LogP contribution in [0.15, 0.2) is 53.3 Å². The Morgan fingerprint density at radius 3 is 2.69 bits per heavy atom. The molecule has 0 spiro atoms. The molecule has 0 fully saturated rings. The second kappa shape index (κ2) is 8.92. The van der Waals surface area contributed by atoms with Crippen LogP contribution in [-0.4, -0.2) is 34.6 Å². The molecule has 0 saturated carbocycles. The fraction of sp³-hybridized carbons (Fsp3) is 0.190. The van der Waals surface area contributed by atoms with Gasteiger partial charge in [0.1, 0.15) is 5.75 Å². The minimum absolute atomic E-state index is 0.330. The van der Waals surface area contributed by atoms with Crippen molar-refractivity contribution >= 4 is 34.7 Å². The second-order valence-electron chi connectivity index (χ2n) is 6.21. The fourth-order valence-electron chi connectivity index (χ4n) is 2.68. The lowest BCUT2D eigenvalue weighted by molar-refractivity contribution is -0.148. The zero-order valence-electron chi connectivity index (χ0n) is 16.0. The first-order chi connectivity index (χ1) is 14.0. The first kappa shape index (κ1) is 19.9. The molecule has 1 aromatic heterocycles. The van der Waals surface area contributed by atoms with Crippen molar-refractivity contribution in [3.8, 4) is 5.75 Å². The SMILES string of the molecule is CCOc1ccccc1/C=C/C(=O)O[C@@H](C)C(=O)Nc1ccc2[nH]c(=O)[nH]c2c1. The van der Waals surface area contributed by atoms with Gasteiger partial charge in [0, 0.05) is 17.3 Å². The third-order valence-electron chi connectivity index (χ3n) is 4.06. The lowest BCUT2D eigenvalue weighted by Crippen LogP contribution is -2.29. The van der Waals surface area contributed by atoms with Crippen LogP contribution in [0.3, 0.4) is 0 Å². The molecule has 1 heterocycles. The van der Waals surface area contributed by atoms with Crippen LogP contribution in [0.2, 0.25) is 0 Å². The zero-order valence-corrected chi connectivity index (χ0v) is 16.0. The minimum atomic E-state index is -1.00. The fourth-order valence-corrected chi connectivity index (χ4v) is 2.68. The van der Waals surface area contributed by atoms with Gasteiger partial charge in [-0.2, -0.15) is 0 Å². The molecule has 0 unspecified atom stereocenters. The summed E-state index contributed by atoms with van der Waals surface area (Å²) in [6, 6.07) is 12.2. The van der Waals surface area contributed by atoms with Gasteiger partial charge in [-0.1, -0.05) is 18.2 Å². The number of anilines is 1. The Hall–Kier alpha value is -3.81. The molecule has 0 saturated heterocycles. The molecule has 150 valence electrons. The summed E-state index contributed by atoms with van der Waals surface area (Å²) < 4.78 is 10.7. The van der Waals surface area contributed by atoms with Crippen molar-refractivity contribution in [2.75, 3.05) is 11.9 Å². The molecule has 8 heteroatoms. The zero-order chi connectivity index (χ0) is 20.8. The van der Waals surface area contributed by atoms with Gasteiger partial charge in [-0.25, -0.2) is 9.59 Å². The van der Waals surface area contributed by atoms with E-state index in [1.165, 1.54) is 13.0 Å². The molecule has 2 aromatic carbocycles. The van der Waals surface area contributed by atoms with Crippen LogP contribution in [0.1, 0.15) is 19.4 Å². The lowest BCUT2D eigenvalue weighted by atomic mass is 10.2. The van der Waals surface area contributed by atoms with E-state index in [4.69, 9.17) is 9.47 Å². The van der Waals surface area contributed by atoms with E-state index in [1.807, 2.05) is 25.1 Å². The van der Waals surface area contributed by atoms with E-state index in [0.717, 1.165) is 5.56 Å². The summed E-state index contributed by atoms with van der Waals surface area (Å²) in [5, 5.41) is 2.65. The van der Waals surface area contributed by atoms with Gasteiger partial charge >= 0.3 is 11.7 Å². The molecule has 3 N–H and O–H groups in total. The van der Waals surface area contributed by atoms with Crippen LogP contribution < -0.4 is 15.7 Å². The maximum Gasteiger partial charge on any atom is 0.331 e. The van der Waals surface area contributed by atoms with E-state index in [-0.39, 0.29) is 5.69 Å². The lowest BCUT2D eigenvalue weighted by Gasteiger charge is -2.12. The van der Waals surface area contributed by atoms with Crippen LogP contribution >= 0.6 is 0 Å². The highest BCUT2D eigenvalue weighted by Gasteiger charge is 2.17. The van der Waals surface area contributed by atoms with E-state index in [9.17, 15) is 14.4 Å². The number of amides is 1. The number of hydrogen-bond donors (Lipinski definition) is 3. The van der Waals surface area contributed by atoms with Crippen LogP contribution in [0, 0.1) is 0 Å². The molecular formula is C21H21N3O5. The normalized spacial score (nSPS) is 12.1. The number of carbonyl (C=O) groups excluding carboxylic acids is 2. The van der Waals surface area contributed by atoms with Crippen molar-refractivity contribution in [2.45, 2.75) is 20.0 Å². The second-order valence-corrected chi connectivity index (χ2v) is 6.21. The molecule has 0 aliphatic carbocycles.